The minimum Gasteiger partial charge on any atom is -0.340 e. The quantitative estimate of drug-likeness (QED) is 0.627. The van der Waals surface area contributed by atoms with Gasteiger partial charge in [-0.3, -0.25) is 4.79 Å². The number of anilines is 3. The summed E-state index contributed by atoms with van der Waals surface area (Å²) in [6.45, 7) is 3.97. The number of carbonyl (C=O) groups excluding carboxylic acids is 1. The molecular formula is C20H16F3N3O. The number of hydrogen-bond acceptors (Lipinski definition) is 3. The number of halogens is 3. The maximum atomic E-state index is 13.7. The lowest BCUT2D eigenvalue weighted by atomic mass is 10.1. The largest absolute Gasteiger partial charge is 0.340 e. The van der Waals surface area contributed by atoms with E-state index in [1.54, 1.807) is 12.1 Å². The Balaban J connectivity index is 1.72. The third kappa shape index (κ3) is 4.08. The Bertz CT molecular complexity index is 1000. The molecule has 0 aliphatic heterocycles. The Labute approximate surface area is 154 Å². The number of amides is 1. The van der Waals surface area contributed by atoms with Gasteiger partial charge in [-0.1, -0.05) is 17.7 Å². The summed E-state index contributed by atoms with van der Waals surface area (Å²) >= 11 is 0. The van der Waals surface area contributed by atoms with Crippen molar-refractivity contribution in [3.8, 4) is 0 Å². The molecular weight excluding hydrogens is 355 g/mol. The number of aromatic nitrogens is 1. The zero-order valence-electron chi connectivity index (χ0n) is 14.6. The number of nitrogens with one attached hydrogen (secondary N) is 2. The topological polar surface area (TPSA) is 54.0 Å². The van der Waals surface area contributed by atoms with E-state index in [0.717, 1.165) is 22.9 Å². The monoisotopic (exact) mass is 371 g/mol. The Kier molecular flexibility index (Phi) is 5.12. The van der Waals surface area contributed by atoms with E-state index in [2.05, 4.69) is 15.6 Å². The molecule has 1 aromatic heterocycles. The average molecular weight is 371 g/mol. The fourth-order valence-electron chi connectivity index (χ4n) is 2.53. The van der Waals surface area contributed by atoms with E-state index < -0.39 is 28.9 Å². The van der Waals surface area contributed by atoms with Crippen molar-refractivity contribution in [1.82, 2.24) is 4.98 Å². The van der Waals surface area contributed by atoms with Crippen LogP contribution in [0.1, 0.15) is 21.5 Å². The summed E-state index contributed by atoms with van der Waals surface area (Å²) in [7, 11) is 0. The van der Waals surface area contributed by atoms with Crippen LogP contribution in [0, 0.1) is 31.3 Å². The first kappa shape index (κ1) is 18.4. The fraction of sp³-hybridized carbons (Fsp3) is 0.100. The Morgan fingerprint density at radius 2 is 1.74 bits per heavy atom. The van der Waals surface area contributed by atoms with Crippen LogP contribution in [0.5, 0.6) is 0 Å². The first-order chi connectivity index (χ1) is 12.8. The van der Waals surface area contributed by atoms with E-state index >= 15 is 0 Å². The first-order valence-corrected chi connectivity index (χ1v) is 8.10. The van der Waals surface area contributed by atoms with Gasteiger partial charge in [-0.2, -0.15) is 0 Å². The van der Waals surface area contributed by atoms with E-state index in [1.165, 1.54) is 6.20 Å². The van der Waals surface area contributed by atoms with Crippen LogP contribution in [0.3, 0.4) is 0 Å². The molecule has 0 saturated carbocycles. The number of pyridine rings is 1. The van der Waals surface area contributed by atoms with Crippen LogP contribution in [0.25, 0.3) is 0 Å². The minimum atomic E-state index is -1.69. The third-order valence-electron chi connectivity index (χ3n) is 3.95. The van der Waals surface area contributed by atoms with Crippen LogP contribution < -0.4 is 10.6 Å². The molecule has 2 aromatic carbocycles. The molecule has 0 spiro atoms. The number of benzene rings is 2. The van der Waals surface area contributed by atoms with Gasteiger partial charge in [0.15, 0.2) is 17.5 Å². The summed E-state index contributed by atoms with van der Waals surface area (Å²) in [5.74, 6) is -4.92. The van der Waals surface area contributed by atoms with E-state index in [9.17, 15) is 18.0 Å². The van der Waals surface area contributed by atoms with Crippen molar-refractivity contribution in [2.75, 3.05) is 10.6 Å². The molecule has 0 atom stereocenters. The van der Waals surface area contributed by atoms with Gasteiger partial charge in [0.25, 0.3) is 5.91 Å². The summed E-state index contributed by atoms with van der Waals surface area (Å²) in [6, 6.07) is 10.7. The van der Waals surface area contributed by atoms with Crippen molar-refractivity contribution in [1.29, 1.82) is 0 Å². The van der Waals surface area contributed by atoms with Crippen LogP contribution in [0.4, 0.5) is 30.4 Å². The lowest BCUT2D eigenvalue weighted by molar-refractivity contribution is 0.102. The molecule has 0 bridgehead atoms. The highest BCUT2D eigenvalue weighted by Crippen LogP contribution is 2.22. The van der Waals surface area contributed by atoms with Crippen molar-refractivity contribution in [2.24, 2.45) is 0 Å². The highest BCUT2D eigenvalue weighted by atomic mass is 19.2. The number of carbonyl (C=O) groups is 1. The van der Waals surface area contributed by atoms with Crippen molar-refractivity contribution in [3.63, 3.8) is 0 Å². The maximum absolute atomic E-state index is 13.7. The fourth-order valence-corrected chi connectivity index (χ4v) is 2.53. The van der Waals surface area contributed by atoms with Gasteiger partial charge in [-0.05, 0) is 49.7 Å². The van der Waals surface area contributed by atoms with Crippen molar-refractivity contribution in [3.05, 3.63) is 82.8 Å². The van der Waals surface area contributed by atoms with Crippen LogP contribution in [-0.4, -0.2) is 10.9 Å². The van der Waals surface area contributed by atoms with Crippen LogP contribution >= 0.6 is 0 Å². The smallest absolute Gasteiger partial charge is 0.258 e. The summed E-state index contributed by atoms with van der Waals surface area (Å²) in [4.78, 5) is 16.3. The molecule has 0 saturated heterocycles. The van der Waals surface area contributed by atoms with Crippen molar-refractivity contribution in [2.45, 2.75) is 13.8 Å². The zero-order valence-corrected chi connectivity index (χ0v) is 14.6. The first-order valence-electron chi connectivity index (χ1n) is 8.10. The summed E-state index contributed by atoms with van der Waals surface area (Å²) in [5.41, 5.74) is 2.80. The standard InChI is InChI=1S/C20H16F3N3O/c1-11-3-7-16(12(2)9-11)26-17-8-4-13(10-24-17)25-20(27)14-5-6-15(21)19(23)18(14)22/h3-10H,1-2H3,(H,24,26)(H,25,27). The molecule has 138 valence electrons. The minimum absolute atomic E-state index is 0.287. The van der Waals surface area contributed by atoms with Crippen LogP contribution in [0.2, 0.25) is 0 Å². The summed E-state index contributed by atoms with van der Waals surface area (Å²) < 4.78 is 39.9. The van der Waals surface area contributed by atoms with E-state index in [1.807, 2.05) is 32.0 Å². The van der Waals surface area contributed by atoms with Gasteiger partial charge in [0.05, 0.1) is 17.4 Å². The average Bonchev–Trinajstić information content (AvgIpc) is 2.63. The molecule has 3 rings (SSSR count). The summed E-state index contributed by atoms with van der Waals surface area (Å²) in [6.07, 6.45) is 1.38. The van der Waals surface area contributed by atoms with Gasteiger partial charge in [0.1, 0.15) is 5.82 Å². The Morgan fingerprint density at radius 1 is 0.963 bits per heavy atom. The van der Waals surface area contributed by atoms with Gasteiger partial charge in [0, 0.05) is 5.69 Å². The van der Waals surface area contributed by atoms with Gasteiger partial charge in [0.2, 0.25) is 0 Å². The van der Waals surface area contributed by atoms with E-state index in [4.69, 9.17) is 0 Å². The second-order valence-electron chi connectivity index (χ2n) is 6.05. The number of aryl methyl sites for hydroxylation is 2. The molecule has 0 aliphatic rings. The van der Waals surface area contributed by atoms with Gasteiger partial charge >= 0.3 is 0 Å². The molecule has 0 radical (unpaired) electrons. The molecule has 2 N–H and O–H groups in total. The Hall–Kier alpha value is -3.35. The van der Waals surface area contributed by atoms with Crippen LogP contribution in [-0.2, 0) is 0 Å². The van der Waals surface area contributed by atoms with Gasteiger partial charge < -0.3 is 10.6 Å². The summed E-state index contributed by atoms with van der Waals surface area (Å²) in [5, 5.41) is 5.56. The highest BCUT2D eigenvalue weighted by molar-refractivity contribution is 6.04. The predicted molar refractivity (Wildman–Crippen MR) is 97.7 cm³/mol. The van der Waals surface area contributed by atoms with Crippen molar-refractivity contribution < 1.29 is 18.0 Å². The lowest BCUT2D eigenvalue weighted by Crippen LogP contribution is -2.15. The SMILES string of the molecule is Cc1ccc(Nc2ccc(NC(=O)c3ccc(F)c(F)c3F)cn2)c(C)c1. The molecule has 3 aromatic rings. The van der Waals surface area contributed by atoms with E-state index in [0.29, 0.717) is 11.9 Å². The number of nitrogens with zero attached hydrogens (tertiary/aromatic N) is 1. The molecule has 27 heavy (non-hydrogen) atoms. The molecule has 1 amide bonds. The maximum Gasteiger partial charge on any atom is 0.258 e. The third-order valence-corrected chi connectivity index (χ3v) is 3.95. The molecule has 0 fully saturated rings. The molecule has 0 aliphatic carbocycles. The number of rotatable bonds is 4. The normalized spacial score (nSPS) is 10.6. The highest BCUT2D eigenvalue weighted by Gasteiger charge is 2.18. The predicted octanol–water partition coefficient (Wildman–Crippen LogP) is 5.11. The second-order valence-corrected chi connectivity index (χ2v) is 6.05. The number of hydrogen-bond donors (Lipinski definition) is 2. The lowest BCUT2D eigenvalue weighted by Gasteiger charge is -2.11. The zero-order chi connectivity index (χ0) is 19.6. The van der Waals surface area contributed by atoms with Crippen molar-refractivity contribution >= 4 is 23.1 Å². The van der Waals surface area contributed by atoms with Gasteiger partial charge in [-0.15, -0.1) is 0 Å². The van der Waals surface area contributed by atoms with Crippen LogP contribution in [0.15, 0.2) is 48.7 Å². The van der Waals surface area contributed by atoms with Gasteiger partial charge in [-0.25, -0.2) is 18.2 Å². The molecule has 0 unspecified atom stereocenters. The molecule has 4 nitrogen and oxygen atoms in total. The van der Waals surface area contributed by atoms with E-state index in [-0.39, 0.29) is 5.69 Å². The Morgan fingerprint density at radius 3 is 2.41 bits per heavy atom. The molecule has 7 heteroatoms. The molecule has 1 heterocycles. The second kappa shape index (κ2) is 7.49.